The third-order valence-corrected chi connectivity index (χ3v) is 3.94. The molecule has 1 aromatic heterocycles. The third-order valence-electron chi connectivity index (χ3n) is 3.94. The maximum Gasteiger partial charge on any atom is 0.155 e. The molecule has 0 saturated heterocycles. The normalized spacial score (nSPS) is 10.9. The first kappa shape index (κ1) is 14.3. The maximum atomic E-state index is 6.29. The molecule has 0 atom stereocenters. The van der Waals surface area contributed by atoms with E-state index in [4.69, 9.17) is 5.73 Å². The summed E-state index contributed by atoms with van der Waals surface area (Å²) in [5.41, 5.74) is 12.6. The summed E-state index contributed by atoms with van der Waals surface area (Å²) in [6.07, 6.45) is 1.01. The smallest absolute Gasteiger partial charge is 0.155 e. The molecule has 22 heavy (non-hydrogen) atoms. The van der Waals surface area contributed by atoms with Gasteiger partial charge in [-0.3, -0.25) is 0 Å². The van der Waals surface area contributed by atoms with Gasteiger partial charge in [0.25, 0.3) is 0 Å². The first-order valence-corrected chi connectivity index (χ1v) is 7.48. The highest BCUT2D eigenvalue weighted by atomic mass is 15.5. The van der Waals surface area contributed by atoms with E-state index in [2.05, 4.69) is 61.4 Å². The molecule has 4 heteroatoms. The lowest BCUT2D eigenvalue weighted by Crippen LogP contribution is -2.02. The van der Waals surface area contributed by atoms with Crippen LogP contribution in [0.3, 0.4) is 0 Å². The fraction of sp³-hybridized carbons (Fsp3) is 0.222. The van der Waals surface area contributed by atoms with E-state index in [1.54, 1.807) is 4.68 Å². The molecule has 0 fully saturated rings. The molecule has 0 spiro atoms. The van der Waals surface area contributed by atoms with Crippen molar-refractivity contribution in [2.45, 2.75) is 27.2 Å². The van der Waals surface area contributed by atoms with Gasteiger partial charge in [0.05, 0.1) is 5.69 Å². The lowest BCUT2D eigenvalue weighted by atomic mass is 10.0. The minimum absolute atomic E-state index is 0.568. The summed E-state index contributed by atoms with van der Waals surface area (Å²) in [5.74, 6) is 0.568. The second-order valence-corrected chi connectivity index (χ2v) is 5.57. The van der Waals surface area contributed by atoms with Crippen LogP contribution in [-0.4, -0.2) is 15.0 Å². The molecule has 3 aromatic rings. The van der Waals surface area contributed by atoms with Crippen LogP contribution in [0.5, 0.6) is 0 Å². The van der Waals surface area contributed by atoms with Gasteiger partial charge in [0.15, 0.2) is 5.82 Å². The van der Waals surface area contributed by atoms with E-state index in [1.807, 2.05) is 12.1 Å². The van der Waals surface area contributed by atoms with Gasteiger partial charge in [0.2, 0.25) is 0 Å². The predicted octanol–water partition coefficient (Wildman–Crippen LogP) is 3.70. The van der Waals surface area contributed by atoms with Gasteiger partial charge in [-0.2, -0.15) is 4.68 Å². The Kier molecular flexibility index (Phi) is 3.67. The standard InChI is InChI=1S/C18H20N4/c1-4-14-7-9-15(10-8-14)22-18(19)17(20-21-22)16-11-12(2)5-6-13(16)3/h5-11H,4,19H2,1-3H3. The molecule has 2 aromatic carbocycles. The number of hydrogen-bond donors (Lipinski definition) is 1. The highest BCUT2D eigenvalue weighted by molar-refractivity contribution is 5.74. The van der Waals surface area contributed by atoms with Gasteiger partial charge in [0, 0.05) is 5.56 Å². The van der Waals surface area contributed by atoms with Crippen molar-refractivity contribution in [3.05, 3.63) is 59.2 Å². The first-order valence-electron chi connectivity index (χ1n) is 7.48. The number of hydrogen-bond acceptors (Lipinski definition) is 3. The van der Waals surface area contributed by atoms with E-state index in [9.17, 15) is 0 Å². The number of anilines is 1. The molecule has 112 valence electrons. The largest absolute Gasteiger partial charge is 0.382 e. The molecular formula is C18H20N4. The van der Waals surface area contributed by atoms with E-state index in [0.29, 0.717) is 5.82 Å². The van der Waals surface area contributed by atoms with Crippen LogP contribution < -0.4 is 5.73 Å². The summed E-state index contributed by atoms with van der Waals surface area (Å²) in [6, 6.07) is 14.5. The van der Waals surface area contributed by atoms with Gasteiger partial charge in [-0.05, 0) is 49.6 Å². The average Bonchev–Trinajstić information content (AvgIpc) is 2.91. The predicted molar refractivity (Wildman–Crippen MR) is 90.1 cm³/mol. The molecule has 3 rings (SSSR count). The van der Waals surface area contributed by atoms with Crippen LogP contribution in [0.4, 0.5) is 5.82 Å². The van der Waals surface area contributed by atoms with Crippen LogP contribution in [0.15, 0.2) is 42.5 Å². The highest BCUT2D eigenvalue weighted by Gasteiger charge is 2.15. The fourth-order valence-electron chi connectivity index (χ4n) is 2.54. The molecule has 2 N–H and O–H groups in total. The van der Waals surface area contributed by atoms with Crippen LogP contribution in [0.2, 0.25) is 0 Å². The molecule has 4 nitrogen and oxygen atoms in total. The van der Waals surface area contributed by atoms with E-state index in [-0.39, 0.29) is 0 Å². The van der Waals surface area contributed by atoms with Crippen LogP contribution in [0.25, 0.3) is 16.9 Å². The molecule has 0 aliphatic carbocycles. The minimum Gasteiger partial charge on any atom is -0.382 e. The van der Waals surface area contributed by atoms with Crippen molar-refractivity contribution in [2.75, 3.05) is 5.73 Å². The zero-order chi connectivity index (χ0) is 15.7. The lowest BCUT2D eigenvalue weighted by Gasteiger charge is -2.07. The Morgan fingerprint density at radius 3 is 2.45 bits per heavy atom. The Morgan fingerprint density at radius 2 is 1.77 bits per heavy atom. The molecule has 0 aliphatic heterocycles. The number of aromatic nitrogens is 3. The van der Waals surface area contributed by atoms with E-state index < -0.39 is 0 Å². The zero-order valence-corrected chi connectivity index (χ0v) is 13.2. The van der Waals surface area contributed by atoms with Crippen molar-refractivity contribution in [3.63, 3.8) is 0 Å². The Labute approximate surface area is 130 Å². The molecule has 0 radical (unpaired) electrons. The van der Waals surface area contributed by atoms with E-state index in [1.165, 1.54) is 11.1 Å². The quantitative estimate of drug-likeness (QED) is 0.801. The number of benzene rings is 2. The zero-order valence-electron chi connectivity index (χ0n) is 13.2. The fourth-order valence-corrected chi connectivity index (χ4v) is 2.54. The minimum atomic E-state index is 0.568. The van der Waals surface area contributed by atoms with Crippen LogP contribution in [-0.2, 0) is 6.42 Å². The number of nitrogens with zero attached hydrogens (tertiary/aromatic N) is 3. The SMILES string of the molecule is CCc1ccc(-n2nnc(-c3cc(C)ccc3C)c2N)cc1. The number of aryl methyl sites for hydroxylation is 3. The Hall–Kier alpha value is -2.62. The third kappa shape index (κ3) is 2.48. The van der Waals surface area contributed by atoms with Gasteiger partial charge in [0.1, 0.15) is 5.69 Å². The van der Waals surface area contributed by atoms with Gasteiger partial charge in [-0.1, -0.05) is 42.0 Å². The number of nitrogen functional groups attached to an aromatic ring is 1. The molecule has 0 amide bonds. The summed E-state index contributed by atoms with van der Waals surface area (Å²) >= 11 is 0. The maximum absolute atomic E-state index is 6.29. The second kappa shape index (κ2) is 5.64. The summed E-state index contributed by atoms with van der Waals surface area (Å²) in [5, 5.41) is 8.53. The molecule has 0 aliphatic rings. The highest BCUT2D eigenvalue weighted by Crippen LogP contribution is 2.28. The van der Waals surface area contributed by atoms with Crippen molar-refractivity contribution < 1.29 is 0 Å². The van der Waals surface area contributed by atoms with Gasteiger partial charge >= 0.3 is 0 Å². The van der Waals surface area contributed by atoms with Gasteiger partial charge in [-0.15, -0.1) is 5.10 Å². The Balaban J connectivity index is 2.06. The summed E-state index contributed by atoms with van der Waals surface area (Å²) in [7, 11) is 0. The van der Waals surface area contributed by atoms with Crippen molar-refractivity contribution in [2.24, 2.45) is 0 Å². The monoisotopic (exact) mass is 292 g/mol. The lowest BCUT2D eigenvalue weighted by molar-refractivity contribution is 0.810. The summed E-state index contributed by atoms with van der Waals surface area (Å²) < 4.78 is 1.69. The van der Waals surface area contributed by atoms with Crippen molar-refractivity contribution in [3.8, 4) is 16.9 Å². The van der Waals surface area contributed by atoms with Crippen LogP contribution in [0, 0.1) is 13.8 Å². The van der Waals surface area contributed by atoms with Crippen molar-refractivity contribution >= 4 is 5.82 Å². The van der Waals surface area contributed by atoms with Crippen LogP contribution >= 0.6 is 0 Å². The van der Waals surface area contributed by atoms with Gasteiger partial charge in [-0.25, -0.2) is 0 Å². The number of nitrogens with two attached hydrogens (primary N) is 1. The van der Waals surface area contributed by atoms with E-state index in [0.717, 1.165) is 28.9 Å². The summed E-state index contributed by atoms with van der Waals surface area (Å²) in [4.78, 5) is 0. The first-order chi connectivity index (χ1) is 10.6. The van der Waals surface area contributed by atoms with Gasteiger partial charge < -0.3 is 5.73 Å². The molecule has 1 heterocycles. The molecule has 0 saturated carbocycles. The summed E-state index contributed by atoms with van der Waals surface area (Å²) in [6.45, 7) is 6.26. The molecular weight excluding hydrogens is 272 g/mol. The number of rotatable bonds is 3. The topological polar surface area (TPSA) is 56.7 Å². The van der Waals surface area contributed by atoms with Crippen LogP contribution in [0.1, 0.15) is 23.6 Å². The van der Waals surface area contributed by atoms with Crippen molar-refractivity contribution in [1.82, 2.24) is 15.0 Å². The van der Waals surface area contributed by atoms with E-state index >= 15 is 0 Å². The Bertz CT molecular complexity index is 800. The second-order valence-electron chi connectivity index (χ2n) is 5.57. The molecule has 0 unspecified atom stereocenters. The van der Waals surface area contributed by atoms with Crippen molar-refractivity contribution in [1.29, 1.82) is 0 Å². The Morgan fingerprint density at radius 1 is 1.05 bits per heavy atom. The molecule has 0 bridgehead atoms. The average molecular weight is 292 g/mol.